The van der Waals surface area contributed by atoms with Gasteiger partial charge in [-0.1, -0.05) is 22.9 Å². The van der Waals surface area contributed by atoms with E-state index in [1.54, 1.807) is 19.1 Å². The molecule has 2 aromatic rings. The molecule has 0 aliphatic carbocycles. The van der Waals surface area contributed by atoms with Gasteiger partial charge in [0.05, 0.1) is 19.4 Å². The Labute approximate surface area is 155 Å². The van der Waals surface area contributed by atoms with Gasteiger partial charge in [0.25, 0.3) is 0 Å². The van der Waals surface area contributed by atoms with E-state index in [1.165, 1.54) is 7.11 Å². The number of aryl methyl sites for hydroxylation is 2. The van der Waals surface area contributed by atoms with Gasteiger partial charge in [-0.15, -0.1) is 0 Å². The summed E-state index contributed by atoms with van der Waals surface area (Å²) < 4.78 is 10.3. The van der Waals surface area contributed by atoms with Crippen molar-refractivity contribution in [2.75, 3.05) is 19.0 Å². The first-order valence-corrected chi connectivity index (χ1v) is 8.84. The second-order valence-electron chi connectivity index (χ2n) is 5.34. The van der Waals surface area contributed by atoms with Crippen LogP contribution in [0.1, 0.15) is 33.8 Å². The summed E-state index contributed by atoms with van der Waals surface area (Å²) in [5.41, 5.74) is 1.48. The number of ether oxygens (including phenoxy) is 2. The minimum Gasteiger partial charge on any atom is -0.494 e. The third-order valence-corrected chi connectivity index (χ3v) is 4.84. The molecule has 0 spiro atoms. The van der Waals surface area contributed by atoms with Gasteiger partial charge in [0, 0.05) is 11.4 Å². The molecule has 0 atom stereocenters. The minimum atomic E-state index is -0.456. The molecule has 25 heavy (non-hydrogen) atoms. The molecular weight excluding hydrogens is 364 g/mol. The standard InChI is InChI=1S/C17H19ClN2O4S/c1-10-9-12(6-7-13(10)18)24-8-4-5-14(21)20-17-19-11(2)15(25-17)16(22)23-3/h6-7,9H,4-5,8H2,1-3H3,(H,19,20,21). The van der Waals surface area contributed by atoms with Crippen molar-refractivity contribution >= 4 is 39.9 Å². The fraction of sp³-hybridized carbons (Fsp3) is 0.353. The number of carbonyl (C=O) groups excluding carboxylic acids is 2. The van der Waals surface area contributed by atoms with Crippen molar-refractivity contribution in [2.45, 2.75) is 26.7 Å². The quantitative estimate of drug-likeness (QED) is 0.578. The summed E-state index contributed by atoms with van der Waals surface area (Å²) in [6, 6.07) is 5.43. The van der Waals surface area contributed by atoms with E-state index in [0.29, 0.717) is 40.2 Å². The summed E-state index contributed by atoms with van der Waals surface area (Å²) in [6.07, 6.45) is 0.848. The Kier molecular flexibility index (Phi) is 6.78. The van der Waals surface area contributed by atoms with Crippen LogP contribution in [0, 0.1) is 13.8 Å². The Morgan fingerprint density at radius 2 is 2.08 bits per heavy atom. The average Bonchev–Trinajstić information content (AvgIpc) is 2.94. The number of carbonyl (C=O) groups is 2. The Bertz CT molecular complexity index is 776. The summed E-state index contributed by atoms with van der Waals surface area (Å²) in [6.45, 7) is 4.01. The molecule has 1 amide bonds. The van der Waals surface area contributed by atoms with Crippen LogP contribution < -0.4 is 10.1 Å². The zero-order chi connectivity index (χ0) is 18.4. The van der Waals surface area contributed by atoms with Crippen LogP contribution in [-0.4, -0.2) is 30.6 Å². The van der Waals surface area contributed by atoms with Crippen LogP contribution in [0.2, 0.25) is 5.02 Å². The van der Waals surface area contributed by atoms with E-state index in [1.807, 2.05) is 13.0 Å². The molecular formula is C17H19ClN2O4S. The van der Waals surface area contributed by atoms with Crippen LogP contribution in [0.5, 0.6) is 5.75 Å². The zero-order valence-corrected chi connectivity index (χ0v) is 15.8. The van der Waals surface area contributed by atoms with Gasteiger partial charge in [-0.2, -0.15) is 0 Å². The summed E-state index contributed by atoms with van der Waals surface area (Å²) in [5, 5.41) is 3.76. The lowest BCUT2D eigenvalue weighted by Crippen LogP contribution is -2.12. The molecule has 0 radical (unpaired) electrons. The van der Waals surface area contributed by atoms with Crippen LogP contribution in [-0.2, 0) is 9.53 Å². The molecule has 8 heteroatoms. The van der Waals surface area contributed by atoms with Crippen molar-refractivity contribution in [1.29, 1.82) is 0 Å². The highest BCUT2D eigenvalue weighted by Crippen LogP contribution is 2.24. The number of halogens is 1. The maximum Gasteiger partial charge on any atom is 0.350 e. The number of hydrogen-bond donors (Lipinski definition) is 1. The molecule has 0 aliphatic heterocycles. The second-order valence-corrected chi connectivity index (χ2v) is 6.74. The fourth-order valence-corrected chi connectivity index (χ4v) is 3.06. The number of hydrogen-bond acceptors (Lipinski definition) is 6. The van der Waals surface area contributed by atoms with Gasteiger partial charge >= 0.3 is 5.97 Å². The van der Waals surface area contributed by atoms with Crippen LogP contribution >= 0.6 is 22.9 Å². The predicted octanol–water partition coefficient (Wildman–Crippen LogP) is 4.00. The normalized spacial score (nSPS) is 10.4. The molecule has 1 N–H and O–H groups in total. The highest BCUT2D eigenvalue weighted by Gasteiger charge is 2.16. The number of methoxy groups -OCH3 is 1. The number of aromatic nitrogens is 1. The Morgan fingerprint density at radius 3 is 2.76 bits per heavy atom. The van der Waals surface area contributed by atoms with Crippen LogP contribution in [0.4, 0.5) is 5.13 Å². The first kappa shape index (κ1) is 19.2. The van der Waals surface area contributed by atoms with Crippen molar-refractivity contribution in [3.05, 3.63) is 39.4 Å². The molecule has 1 aromatic carbocycles. The van der Waals surface area contributed by atoms with E-state index in [4.69, 9.17) is 16.3 Å². The molecule has 2 rings (SSSR count). The van der Waals surface area contributed by atoms with Crippen molar-refractivity contribution in [3.8, 4) is 5.75 Å². The Hall–Kier alpha value is -2.12. The number of benzene rings is 1. The van der Waals surface area contributed by atoms with Crippen molar-refractivity contribution in [1.82, 2.24) is 4.98 Å². The van der Waals surface area contributed by atoms with Gasteiger partial charge in [-0.3, -0.25) is 4.79 Å². The molecule has 0 aliphatic rings. The Morgan fingerprint density at radius 1 is 1.32 bits per heavy atom. The molecule has 0 saturated carbocycles. The number of esters is 1. The molecule has 1 heterocycles. The van der Waals surface area contributed by atoms with Crippen LogP contribution in [0.25, 0.3) is 0 Å². The molecule has 0 bridgehead atoms. The van der Waals surface area contributed by atoms with E-state index in [2.05, 4.69) is 15.0 Å². The van der Waals surface area contributed by atoms with Crippen molar-refractivity contribution in [3.63, 3.8) is 0 Å². The smallest absolute Gasteiger partial charge is 0.350 e. The van der Waals surface area contributed by atoms with Crippen LogP contribution in [0.3, 0.4) is 0 Å². The second kappa shape index (κ2) is 8.82. The lowest BCUT2D eigenvalue weighted by Gasteiger charge is -2.07. The molecule has 6 nitrogen and oxygen atoms in total. The minimum absolute atomic E-state index is 0.180. The number of nitrogens with one attached hydrogen (secondary N) is 1. The maximum atomic E-state index is 11.9. The van der Waals surface area contributed by atoms with E-state index >= 15 is 0 Å². The lowest BCUT2D eigenvalue weighted by molar-refractivity contribution is -0.116. The highest BCUT2D eigenvalue weighted by atomic mass is 35.5. The Balaban J connectivity index is 1.77. The SMILES string of the molecule is COC(=O)c1sc(NC(=O)CCCOc2ccc(Cl)c(C)c2)nc1C. The molecule has 0 fully saturated rings. The molecule has 0 saturated heterocycles. The van der Waals surface area contributed by atoms with E-state index in [-0.39, 0.29) is 5.91 Å². The average molecular weight is 383 g/mol. The summed E-state index contributed by atoms with van der Waals surface area (Å²) in [7, 11) is 1.31. The third kappa shape index (κ3) is 5.44. The number of thiazole rings is 1. The number of anilines is 1. The van der Waals surface area contributed by atoms with Gasteiger partial charge in [-0.25, -0.2) is 9.78 Å². The van der Waals surface area contributed by atoms with E-state index < -0.39 is 5.97 Å². The fourth-order valence-electron chi connectivity index (χ4n) is 2.04. The lowest BCUT2D eigenvalue weighted by atomic mass is 10.2. The topological polar surface area (TPSA) is 77.5 Å². The first-order valence-electron chi connectivity index (χ1n) is 7.65. The number of amides is 1. The van der Waals surface area contributed by atoms with Crippen LogP contribution in [0.15, 0.2) is 18.2 Å². The molecule has 1 aromatic heterocycles. The van der Waals surface area contributed by atoms with Gasteiger partial charge in [-0.05, 0) is 44.0 Å². The van der Waals surface area contributed by atoms with Gasteiger partial charge < -0.3 is 14.8 Å². The summed E-state index contributed by atoms with van der Waals surface area (Å²) in [4.78, 5) is 28.0. The summed E-state index contributed by atoms with van der Waals surface area (Å²) >= 11 is 7.06. The first-order chi connectivity index (χ1) is 11.9. The predicted molar refractivity (Wildman–Crippen MR) is 97.7 cm³/mol. The van der Waals surface area contributed by atoms with E-state index in [9.17, 15) is 9.59 Å². The number of nitrogens with zero attached hydrogens (tertiary/aromatic N) is 1. The largest absolute Gasteiger partial charge is 0.494 e. The highest BCUT2D eigenvalue weighted by molar-refractivity contribution is 7.17. The summed E-state index contributed by atoms with van der Waals surface area (Å²) in [5.74, 6) is 0.0868. The molecule has 0 unspecified atom stereocenters. The third-order valence-electron chi connectivity index (χ3n) is 3.36. The monoisotopic (exact) mass is 382 g/mol. The van der Waals surface area contributed by atoms with Gasteiger partial charge in [0.2, 0.25) is 5.91 Å². The zero-order valence-electron chi connectivity index (χ0n) is 14.2. The van der Waals surface area contributed by atoms with Crippen molar-refractivity contribution < 1.29 is 19.1 Å². The molecule has 134 valence electrons. The van der Waals surface area contributed by atoms with Gasteiger partial charge in [0.15, 0.2) is 5.13 Å². The maximum absolute atomic E-state index is 11.9. The van der Waals surface area contributed by atoms with Gasteiger partial charge in [0.1, 0.15) is 10.6 Å². The van der Waals surface area contributed by atoms with E-state index in [0.717, 1.165) is 22.6 Å². The van der Waals surface area contributed by atoms with Crippen molar-refractivity contribution in [2.24, 2.45) is 0 Å². The number of rotatable bonds is 7.